The van der Waals surface area contributed by atoms with Crippen molar-refractivity contribution in [2.45, 2.75) is 6.92 Å². The standard InChI is InChI=1S/C8H9NO3S/c1-6(10)12-5-9-8(11)7-3-2-4-13-7/h2-4H,5H2,1H3,(H,9,11). The molecule has 0 aliphatic heterocycles. The zero-order valence-electron chi connectivity index (χ0n) is 7.07. The van der Waals surface area contributed by atoms with Crippen LogP contribution >= 0.6 is 11.3 Å². The number of esters is 1. The van der Waals surface area contributed by atoms with E-state index in [1.54, 1.807) is 17.5 Å². The van der Waals surface area contributed by atoms with Gasteiger partial charge in [-0.2, -0.15) is 0 Å². The minimum atomic E-state index is -0.411. The molecule has 1 aromatic heterocycles. The Balaban J connectivity index is 2.31. The second-order valence-corrected chi connectivity index (χ2v) is 3.21. The molecule has 0 aromatic carbocycles. The highest BCUT2D eigenvalue weighted by atomic mass is 32.1. The van der Waals surface area contributed by atoms with E-state index in [0.717, 1.165) is 0 Å². The van der Waals surface area contributed by atoms with Gasteiger partial charge < -0.3 is 10.1 Å². The van der Waals surface area contributed by atoms with Crippen molar-refractivity contribution in [2.75, 3.05) is 6.73 Å². The summed E-state index contributed by atoms with van der Waals surface area (Å²) in [6.45, 7) is 1.21. The number of carbonyl (C=O) groups excluding carboxylic acids is 2. The van der Waals surface area contributed by atoms with Crippen LogP contribution in [0, 0.1) is 0 Å². The molecule has 1 aromatic rings. The van der Waals surface area contributed by atoms with E-state index in [1.165, 1.54) is 18.3 Å². The molecule has 1 N–H and O–H groups in total. The number of hydrogen-bond acceptors (Lipinski definition) is 4. The van der Waals surface area contributed by atoms with Crippen LogP contribution in [0.1, 0.15) is 16.6 Å². The second-order valence-electron chi connectivity index (χ2n) is 2.26. The number of hydrogen-bond donors (Lipinski definition) is 1. The van der Waals surface area contributed by atoms with Crippen LogP contribution < -0.4 is 5.32 Å². The predicted molar refractivity (Wildman–Crippen MR) is 48.4 cm³/mol. The summed E-state index contributed by atoms with van der Waals surface area (Å²) in [5.74, 6) is -0.636. The number of ether oxygens (including phenoxy) is 1. The summed E-state index contributed by atoms with van der Waals surface area (Å²) in [7, 11) is 0. The molecule has 0 unspecified atom stereocenters. The van der Waals surface area contributed by atoms with Crippen LogP contribution in [0.15, 0.2) is 17.5 Å². The second kappa shape index (κ2) is 4.61. The molecule has 1 heterocycles. The van der Waals surface area contributed by atoms with E-state index >= 15 is 0 Å². The molecule has 70 valence electrons. The van der Waals surface area contributed by atoms with Gasteiger partial charge in [-0.05, 0) is 11.4 Å². The molecule has 0 bridgehead atoms. The van der Waals surface area contributed by atoms with Gasteiger partial charge in [-0.1, -0.05) is 6.07 Å². The molecule has 0 spiro atoms. The fraction of sp³-hybridized carbons (Fsp3) is 0.250. The predicted octanol–water partition coefficient (Wildman–Crippen LogP) is 0.999. The summed E-state index contributed by atoms with van der Waals surface area (Å²) in [6.07, 6.45) is 0. The summed E-state index contributed by atoms with van der Waals surface area (Å²) in [5.41, 5.74) is 0. The average molecular weight is 199 g/mol. The molecule has 0 aliphatic carbocycles. The fourth-order valence-corrected chi connectivity index (χ4v) is 1.34. The Morgan fingerprint density at radius 3 is 2.92 bits per heavy atom. The SMILES string of the molecule is CC(=O)OCNC(=O)c1cccs1. The van der Waals surface area contributed by atoms with Crippen molar-refractivity contribution in [1.82, 2.24) is 5.32 Å². The van der Waals surface area contributed by atoms with Crippen LogP contribution in [0.2, 0.25) is 0 Å². The Kier molecular flexibility index (Phi) is 3.45. The summed E-state index contributed by atoms with van der Waals surface area (Å²) < 4.78 is 4.54. The van der Waals surface area contributed by atoms with Crippen LogP contribution in [0.5, 0.6) is 0 Å². The number of thiophene rings is 1. The molecule has 0 radical (unpaired) electrons. The van der Waals surface area contributed by atoms with E-state index in [0.29, 0.717) is 4.88 Å². The lowest BCUT2D eigenvalue weighted by Crippen LogP contribution is -2.26. The minimum absolute atomic E-state index is 0.0773. The van der Waals surface area contributed by atoms with Crippen LogP contribution in [0.3, 0.4) is 0 Å². The molecular formula is C8H9NO3S. The van der Waals surface area contributed by atoms with E-state index in [2.05, 4.69) is 10.1 Å². The normalized spacial score (nSPS) is 9.31. The molecule has 0 saturated carbocycles. The lowest BCUT2D eigenvalue weighted by atomic mass is 10.4. The van der Waals surface area contributed by atoms with Crippen LogP contribution in [-0.2, 0) is 9.53 Å². The van der Waals surface area contributed by atoms with Gasteiger partial charge >= 0.3 is 5.97 Å². The van der Waals surface area contributed by atoms with Gasteiger partial charge in [-0.25, -0.2) is 0 Å². The van der Waals surface area contributed by atoms with E-state index in [1.807, 2.05) is 0 Å². The van der Waals surface area contributed by atoms with E-state index in [-0.39, 0.29) is 12.6 Å². The maximum atomic E-state index is 11.2. The molecule has 1 rings (SSSR count). The smallest absolute Gasteiger partial charge is 0.304 e. The van der Waals surface area contributed by atoms with Gasteiger partial charge in [0.25, 0.3) is 5.91 Å². The largest absolute Gasteiger partial charge is 0.445 e. The molecule has 0 fully saturated rings. The van der Waals surface area contributed by atoms with E-state index in [9.17, 15) is 9.59 Å². The van der Waals surface area contributed by atoms with Gasteiger partial charge in [0.05, 0.1) is 4.88 Å². The van der Waals surface area contributed by atoms with E-state index < -0.39 is 5.97 Å². The van der Waals surface area contributed by atoms with Gasteiger partial charge in [-0.3, -0.25) is 9.59 Å². The third-order valence-corrected chi connectivity index (χ3v) is 2.12. The molecule has 0 atom stereocenters. The summed E-state index contributed by atoms with van der Waals surface area (Å²) >= 11 is 1.34. The monoisotopic (exact) mass is 199 g/mol. The van der Waals surface area contributed by atoms with Crippen molar-refractivity contribution in [3.8, 4) is 0 Å². The number of amides is 1. The molecule has 4 nitrogen and oxygen atoms in total. The highest BCUT2D eigenvalue weighted by Gasteiger charge is 2.04. The molecule has 0 saturated heterocycles. The Morgan fingerprint density at radius 1 is 1.62 bits per heavy atom. The highest BCUT2D eigenvalue weighted by molar-refractivity contribution is 7.12. The van der Waals surface area contributed by atoms with Crippen LogP contribution in [-0.4, -0.2) is 18.6 Å². The quantitative estimate of drug-likeness (QED) is 0.583. The zero-order valence-corrected chi connectivity index (χ0v) is 7.89. The first-order valence-electron chi connectivity index (χ1n) is 3.65. The first kappa shape index (κ1) is 9.73. The van der Waals surface area contributed by atoms with Gasteiger partial charge in [0.2, 0.25) is 0 Å². The Labute approximate surface area is 79.5 Å². The van der Waals surface area contributed by atoms with Crippen LogP contribution in [0.4, 0.5) is 0 Å². The minimum Gasteiger partial charge on any atom is -0.445 e. The maximum absolute atomic E-state index is 11.2. The molecule has 5 heteroatoms. The molecule has 0 aliphatic rings. The topological polar surface area (TPSA) is 55.4 Å². The number of rotatable bonds is 3. The zero-order chi connectivity index (χ0) is 9.68. The van der Waals surface area contributed by atoms with Crippen molar-refractivity contribution < 1.29 is 14.3 Å². The number of carbonyl (C=O) groups is 2. The molecular weight excluding hydrogens is 190 g/mol. The third kappa shape index (κ3) is 3.25. The first-order valence-corrected chi connectivity index (χ1v) is 4.53. The summed E-state index contributed by atoms with van der Waals surface area (Å²) in [4.78, 5) is 22.1. The lowest BCUT2D eigenvalue weighted by Gasteiger charge is -2.02. The first-order chi connectivity index (χ1) is 6.20. The summed E-state index contributed by atoms with van der Waals surface area (Å²) in [5, 5.41) is 4.25. The fourth-order valence-electron chi connectivity index (χ4n) is 0.698. The highest BCUT2D eigenvalue weighted by Crippen LogP contribution is 2.07. The van der Waals surface area contributed by atoms with Gasteiger partial charge in [0, 0.05) is 6.92 Å². The lowest BCUT2D eigenvalue weighted by molar-refractivity contribution is -0.141. The van der Waals surface area contributed by atoms with Gasteiger partial charge in [-0.15, -0.1) is 11.3 Å². The van der Waals surface area contributed by atoms with Crippen molar-refractivity contribution in [1.29, 1.82) is 0 Å². The Hall–Kier alpha value is -1.36. The van der Waals surface area contributed by atoms with Gasteiger partial charge in [0.15, 0.2) is 6.73 Å². The van der Waals surface area contributed by atoms with Crippen molar-refractivity contribution in [3.63, 3.8) is 0 Å². The Morgan fingerprint density at radius 2 is 2.38 bits per heavy atom. The molecule has 1 amide bonds. The van der Waals surface area contributed by atoms with Crippen molar-refractivity contribution in [2.24, 2.45) is 0 Å². The van der Waals surface area contributed by atoms with Crippen molar-refractivity contribution in [3.05, 3.63) is 22.4 Å². The van der Waals surface area contributed by atoms with Crippen molar-refractivity contribution >= 4 is 23.2 Å². The molecule has 13 heavy (non-hydrogen) atoms. The Bertz CT molecular complexity index is 294. The maximum Gasteiger partial charge on any atom is 0.304 e. The number of nitrogens with one attached hydrogen (secondary N) is 1. The summed E-state index contributed by atoms with van der Waals surface area (Å²) in [6, 6.07) is 3.49. The van der Waals surface area contributed by atoms with Gasteiger partial charge in [0.1, 0.15) is 0 Å². The van der Waals surface area contributed by atoms with E-state index in [4.69, 9.17) is 0 Å². The third-order valence-electron chi connectivity index (χ3n) is 1.25. The average Bonchev–Trinajstić information content (AvgIpc) is 2.55. The van der Waals surface area contributed by atoms with Crippen LogP contribution in [0.25, 0.3) is 0 Å².